The van der Waals surface area contributed by atoms with E-state index in [-0.39, 0.29) is 0 Å². The van der Waals surface area contributed by atoms with Crippen molar-refractivity contribution in [3.63, 3.8) is 0 Å². The van der Waals surface area contributed by atoms with Crippen LogP contribution in [-0.2, 0) is 0 Å². The number of halogens is 1. The quantitative estimate of drug-likeness (QED) is 0.884. The lowest BCUT2D eigenvalue weighted by atomic mass is 10.2. The first-order valence-corrected chi connectivity index (χ1v) is 6.16. The second-order valence-electron chi connectivity index (χ2n) is 3.86. The molecule has 2 N–H and O–H groups in total. The fourth-order valence-corrected chi connectivity index (χ4v) is 1.76. The molecular formula is C13H15ClN4. The van der Waals surface area contributed by atoms with Gasteiger partial charge in [-0.1, -0.05) is 17.7 Å². The summed E-state index contributed by atoms with van der Waals surface area (Å²) in [7, 11) is 0. The lowest BCUT2D eigenvalue weighted by Crippen LogP contribution is -2.02. The fraction of sp³-hybridized carbons (Fsp3) is 0.231. The van der Waals surface area contributed by atoms with E-state index in [1.807, 2.05) is 38.1 Å². The third-order valence-electron chi connectivity index (χ3n) is 2.56. The Morgan fingerprint density at radius 1 is 1.22 bits per heavy atom. The van der Waals surface area contributed by atoms with E-state index in [4.69, 9.17) is 11.6 Å². The molecule has 1 aromatic carbocycles. The summed E-state index contributed by atoms with van der Waals surface area (Å²) in [6.07, 6.45) is 1.53. The molecule has 0 atom stereocenters. The van der Waals surface area contributed by atoms with Gasteiger partial charge in [0.15, 0.2) is 0 Å². The van der Waals surface area contributed by atoms with Crippen molar-refractivity contribution in [1.29, 1.82) is 0 Å². The number of benzene rings is 1. The third-order valence-corrected chi connectivity index (χ3v) is 2.96. The summed E-state index contributed by atoms with van der Waals surface area (Å²) in [5, 5.41) is 7.12. The molecule has 5 heteroatoms. The monoisotopic (exact) mass is 262 g/mol. The van der Waals surface area contributed by atoms with E-state index in [9.17, 15) is 0 Å². The molecule has 94 valence electrons. The lowest BCUT2D eigenvalue weighted by Gasteiger charge is -2.10. The smallest absolute Gasteiger partial charge is 0.135 e. The van der Waals surface area contributed by atoms with E-state index < -0.39 is 0 Å². The topological polar surface area (TPSA) is 49.8 Å². The zero-order chi connectivity index (χ0) is 13.0. The Balaban J connectivity index is 2.23. The van der Waals surface area contributed by atoms with Gasteiger partial charge in [-0.3, -0.25) is 0 Å². The van der Waals surface area contributed by atoms with Gasteiger partial charge in [-0.05, 0) is 31.5 Å². The van der Waals surface area contributed by atoms with Crippen LogP contribution in [0.5, 0.6) is 0 Å². The maximum Gasteiger partial charge on any atom is 0.135 e. The third kappa shape index (κ3) is 2.90. The van der Waals surface area contributed by atoms with Crippen molar-refractivity contribution in [3.05, 3.63) is 41.2 Å². The van der Waals surface area contributed by atoms with Gasteiger partial charge >= 0.3 is 0 Å². The Morgan fingerprint density at radius 3 is 2.78 bits per heavy atom. The minimum atomic E-state index is 0.737. The molecule has 0 saturated heterocycles. The molecule has 4 nitrogen and oxygen atoms in total. The van der Waals surface area contributed by atoms with Gasteiger partial charge in [0.2, 0.25) is 0 Å². The van der Waals surface area contributed by atoms with Crippen LogP contribution in [0, 0.1) is 6.92 Å². The van der Waals surface area contributed by atoms with Gasteiger partial charge in [-0.25, -0.2) is 9.97 Å². The number of rotatable bonds is 4. The van der Waals surface area contributed by atoms with Crippen LogP contribution in [0.25, 0.3) is 0 Å². The first-order chi connectivity index (χ1) is 8.70. The Hall–Kier alpha value is -1.81. The second-order valence-corrected chi connectivity index (χ2v) is 4.26. The molecule has 0 bridgehead atoms. The molecule has 2 rings (SSSR count). The number of nitrogens with zero attached hydrogens (tertiary/aromatic N) is 2. The molecule has 0 saturated carbocycles. The van der Waals surface area contributed by atoms with Crippen molar-refractivity contribution < 1.29 is 0 Å². The molecule has 0 aliphatic heterocycles. The van der Waals surface area contributed by atoms with Gasteiger partial charge in [0.05, 0.1) is 0 Å². The van der Waals surface area contributed by atoms with Crippen molar-refractivity contribution in [2.45, 2.75) is 13.8 Å². The number of nitrogens with one attached hydrogen (secondary N) is 2. The zero-order valence-electron chi connectivity index (χ0n) is 10.4. The first kappa shape index (κ1) is 12.6. The summed E-state index contributed by atoms with van der Waals surface area (Å²) in [4.78, 5) is 8.30. The molecule has 1 heterocycles. The van der Waals surface area contributed by atoms with Crippen LogP contribution in [0.1, 0.15) is 12.5 Å². The van der Waals surface area contributed by atoms with Crippen LogP contribution >= 0.6 is 11.6 Å². The van der Waals surface area contributed by atoms with Crippen LogP contribution in [0.15, 0.2) is 30.6 Å². The SMILES string of the molecule is CCNc1cc(Nc2cccc(Cl)c2C)ncn1. The average molecular weight is 263 g/mol. The van der Waals surface area contributed by atoms with Crippen LogP contribution in [0.4, 0.5) is 17.3 Å². The van der Waals surface area contributed by atoms with E-state index in [2.05, 4.69) is 20.6 Å². The summed E-state index contributed by atoms with van der Waals surface area (Å²) in [5.74, 6) is 1.54. The molecule has 0 spiro atoms. The van der Waals surface area contributed by atoms with Gasteiger partial charge in [0.25, 0.3) is 0 Å². The molecule has 0 aliphatic carbocycles. The number of hydrogen-bond donors (Lipinski definition) is 2. The highest BCUT2D eigenvalue weighted by Crippen LogP contribution is 2.25. The molecule has 0 unspecified atom stereocenters. The number of aromatic nitrogens is 2. The van der Waals surface area contributed by atoms with Crippen LogP contribution in [0.2, 0.25) is 5.02 Å². The van der Waals surface area contributed by atoms with Crippen molar-refractivity contribution in [1.82, 2.24) is 9.97 Å². The molecular weight excluding hydrogens is 248 g/mol. The maximum atomic E-state index is 6.08. The molecule has 0 fully saturated rings. The highest BCUT2D eigenvalue weighted by Gasteiger charge is 2.03. The summed E-state index contributed by atoms with van der Waals surface area (Å²) in [6.45, 7) is 4.82. The Morgan fingerprint density at radius 2 is 2.00 bits per heavy atom. The Labute approximate surface area is 111 Å². The number of hydrogen-bond acceptors (Lipinski definition) is 4. The minimum Gasteiger partial charge on any atom is -0.370 e. The Kier molecular flexibility index (Phi) is 3.99. The van der Waals surface area contributed by atoms with Crippen LogP contribution in [-0.4, -0.2) is 16.5 Å². The molecule has 2 aromatic rings. The highest BCUT2D eigenvalue weighted by molar-refractivity contribution is 6.31. The first-order valence-electron chi connectivity index (χ1n) is 5.78. The van der Waals surface area contributed by atoms with Crippen molar-refractivity contribution in [2.75, 3.05) is 17.2 Å². The summed E-state index contributed by atoms with van der Waals surface area (Å²) >= 11 is 6.08. The predicted molar refractivity (Wildman–Crippen MR) is 75.7 cm³/mol. The average Bonchev–Trinajstić information content (AvgIpc) is 2.36. The highest BCUT2D eigenvalue weighted by atomic mass is 35.5. The largest absolute Gasteiger partial charge is 0.370 e. The molecule has 0 amide bonds. The van der Waals surface area contributed by atoms with Gasteiger partial charge in [0.1, 0.15) is 18.0 Å². The molecule has 0 aliphatic rings. The fourth-order valence-electron chi connectivity index (χ4n) is 1.58. The van der Waals surface area contributed by atoms with Crippen molar-refractivity contribution >= 4 is 28.9 Å². The van der Waals surface area contributed by atoms with Gasteiger partial charge in [-0.15, -0.1) is 0 Å². The van der Waals surface area contributed by atoms with Gasteiger partial charge < -0.3 is 10.6 Å². The summed E-state index contributed by atoms with van der Waals surface area (Å²) < 4.78 is 0. The lowest BCUT2D eigenvalue weighted by molar-refractivity contribution is 1.11. The maximum absolute atomic E-state index is 6.08. The van der Waals surface area contributed by atoms with Crippen molar-refractivity contribution in [3.8, 4) is 0 Å². The van der Waals surface area contributed by atoms with Crippen LogP contribution < -0.4 is 10.6 Å². The van der Waals surface area contributed by atoms with Gasteiger partial charge in [-0.2, -0.15) is 0 Å². The number of anilines is 3. The van der Waals surface area contributed by atoms with E-state index in [1.165, 1.54) is 6.33 Å². The van der Waals surface area contributed by atoms with Crippen LogP contribution in [0.3, 0.4) is 0 Å². The normalized spacial score (nSPS) is 10.2. The zero-order valence-corrected chi connectivity index (χ0v) is 11.1. The van der Waals surface area contributed by atoms with E-state index >= 15 is 0 Å². The standard InChI is InChI=1S/C13H15ClN4/c1-3-15-12-7-13(17-8-16-12)18-11-6-4-5-10(14)9(11)2/h4-8H,3H2,1-2H3,(H2,15,16,17,18). The van der Waals surface area contributed by atoms with E-state index in [0.29, 0.717) is 0 Å². The van der Waals surface area contributed by atoms with Gasteiger partial charge in [0, 0.05) is 23.3 Å². The Bertz CT molecular complexity index is 542. The van der Waals surface area contributed by atoms with Crippen molar-refractivity contribution in [2.24, 2.45) is 0 Å². The summed E-state index contributed by atoms with van der Waals surface area (Å²) in [5.41, 5.74) is 1.95. The van der Waals surface area contributed by atoms with E-state index in [0.717, 1.165) is 34.5 Å². The molecule has 0 radical (unpaired) electrons. The minimum absolute atomic E-state index is 0.737. The predicted octanol–water partition coefficient (Wildman–Crippen LogP) is 3.61. The molecule has 1 aromatic heterocycles. The molecule has 18 heavy (non-hydrogen) atoms. The second kappa shape index (κ2) is 5.69. The van der Waals surface area contributed by atoms with E-state index in [1.54, 1.807) is 0 Å². The summed E-state index contributed by atoms with van der Waals surface area (Å²) in [6, 6.07) is 7.61.